The number of ether oxygens (including phenoxy) is 3. The van der Waals surface area contributed by atoms with E-state index in [9.17, 15) is 14.0 Å². The molecular formula is C29H38FN5O5S. The number of nitrogens with zero attached hydrogens (tertiary/aromatic N) is 3. The summed E-state index contributed by atoms with van der Waals surface area (Å²) in [6, 6.07) is 2.87. The lowest BCUT2D eigenvalue weighted by atomic mass is 9.91. The molecule has 5 rings (SSSR count). The first-order valence-corrected chi connectivity index (χ1v) is 15.6. The van der Waals surface area contributed by atoms with E-state index in [1.165, 1.54) is 6.07 Å². The third-order valence-electron chi connectivity index (χ3n) is 7.57. The van der Waals surface area contributed by atoms with E-state index in [2.05, 4.69) is 20.7 Å². The Kier molecular flexibility index (Phi) is 10.0. The molecule has 2 N–H and O–H groups in total. The number of hydrogen-bond acceptors (Lipinski definition) is 8. The molecule has 2 aromatic rings. The molecule has 222 valence electrons. The molecule has 0 spiro atoms. The van der Waals surface area contributed by atoms with Gasteiger partial charge in [-0.2, -0.15) is 16.9 Å². The minimum Gasteiger partial charge on any atom is -0.474 e. The van der Waals surface area contributed by atoms with E-state index >= 15 is 0 Å². The van der Waals surface area contributed by atoms with Gasteiger partial charge in [0.05, 0.1) is 19.3 Å². The number of aromatic nitrogens is 3. The van der Waals surface area contributed by atoms with Crippen LogP contribution in [0.3, 0.4) is 0 Å². The van der Waals surface area contributed by atoms with Crippen molar-refractivity contribution in [1.82, 2.24) is 25.4 Å². The molecule has 0 bridgehead atoms. The molecule has 12 heteroatoms. The Bertz CT molecular complexity index is 1240. The molecule has 4 heterocycles. The van der Waals surface area contributed by atoms with Gasteiger partial charge in [0.15, 0.2) is 0 Å². The summed E-state index contributed by atoms with van der Waals surface area (Å²) in [5.41, 5.74) is 1.37. The van der Waals surface area contributed by atoms with Crippen molar-refractivity contribution in [2.75, 3.05) is 24.7 Å². The van der Waals surface area contributed by atoms with E-state index < -0.39 is 5.82 Å². The second kappa shape index (κ2) is 14.1. The summed E-state index contributed by atoms with van der Waals surface area (Å²) in [6.07, 6.45) is 9.53. The number of allylic oxidation sites excluding steroid dienone is 1. The molecule has 3 aliphatic rings. The van der Waals surface area contributed by atoms with Crippen LogP contribution in [0.1, 0.15) is 77.9 Å². The van der Waals surface area contributed by atoms with Crippen molar-refractivity contribution in [2.45, 2.75) is 83.0 Å². The highest BCUT2D eigenvalue weighted by atomic mass is 32.2. The highest BCUT2D eigenvalue weighted by Gasteiger charge is 2.27. The number of nitrogens with one attached hydrogen (secondary N) is 2. The maximum absolute atomic E-state index is 14.0. The summed E-state index contributed by atoms with van der Waals surface area (Å²) < 4.78 is 32.9. The van der Waals surface area contributed by atoms with E-state index in [0.29, 0.717) is 57.1 Å². The van der Waals surface area contributed by atoms with Crippen LogP contribution in [0.4, 0.5) is 4.39 Å². The van der Waals surface area contributed by atoms with E-state index in [-0.39, 0.29) is 41.4 Å². The fourth-order valence-electron chi connectivity index (χ4n) is 5.26. The number of carbonyl (C=O) groups is 2. The van der Waals surface area contributed by atoms with Gasteiger partial charge in [-0.25, -0.2) is 9.37 Å². The van der Waals surface area contributed by atoms with Gasteiger partial charge in [0.25, 0.3) is 17.8 Å². The molecule has 0 atom stereocenters. The average Bonchev–Trinajstić information content (AvgIpc) is 3.36. The molecule has 0 radical (unpaired) electrons. The molecule has 10 nitrogen and oxygen atoms in total. The van der Waals surface area contributed by atoms with Crippen LogP contribution in [-0.2, 0) is 16.0 Å². The minimum absolute atomic E-state index is 0.0151. The van der Waals surface area contributed by atoms with E-state index in [1.54, 1.807) is 10.7 Å². The zero-order valence-electron chi connectivity index (χ0n) is 23.4. The lowest BCUT2D eigenvalue weighted by molar-refractivity contribution is 0.0211. The molecule has 2 amide bonds. The molecule has 2 aliphatic heterocycles. The predicted octanol–water partition coefficient (Wildman–Crippen LogP) is 4.14. The van der Waals surface area contributed by atoms with Crippen LogP contribution < -0.4 is 15.4 Å². The number of hydrogen-bond donors (Lipinski definition) is 2. The number of pyridine rings is 1. The quantitative estimate of drug-likeness (QED) is 0.426. The SMILES string of the molecule is Cc1cc(C(=O)NC2CCC(NC(=O)c3cc(F)cnc3OC3CCSCC3)CC2)nn1CCOC1=CCCCO1. The minimum atomic E-state index is -0.575. The number of thioether (sulfide) groups is 1. The highest BCUT2D eigenvalue weighted by Crippen LogP contribution is 2.26. The number of amides is 2. The monoisotopic (exact) mass is 587 g/mol. The Hall–Kier alpha value is -3.28. The van der Waals surface area contributed by atoms with Gasteiger partial charge in [0, 0.05) is 17.8 Å². The lowest BCUT2D eigenvalue weighted by Gasteiger charge is -2.29. The molecule has 1 aliphatic carbocycles. The summed E-state index contributed by atoms with van der Waals surface area (Å²) in [5, 5.41) is 10.6. The molecule has 0 unspecified atom stereocenters. The van der Waals surface area contributed by atoms with Crippen molar-refractivity contribution >= 4 is 23.6 Å². The predicted molar refractivity (Wildman–Crippen MR) is 152 cm³/mol. The normalized spacial score (nSPS) is 21.4. The second-order valence-corrected chi connectivity index (χ2v) is 11.9. The number of aryl methyl sites for hydroxylation is 1. The first kappa shape index (κ1) is 29.2. The van der Waals surface area contributed by atoms with Crippen LogP contribution in [-0.4, -0.2) is 69.5 Å². The largest absolute Gasteiger partial charge is 0.474 e. The van der Waals surface area contributed by atoms with Crippen molar-refractivity contribution in [2.24, 2.45) is 0 Å². The third-order valence-corrected chi connectivity index (χ3v) is 8.62. The second-order valence-electron chi connectivity index (χ2n) is 10.7. The van der Waals surface area contributed by atoms with Crippen molar-refractivity contribution in [3.8, 4) is 5.88 Å². The lowest BCUT2D eigenvalue weighted by Crippen LogP contribution is -2.44. The maximum atomic E-state index is 14.0. The molecule has 0 aromatic carbocycles. The van der Waals surface area contributed by atoms with E-state index in [4.69, 9.17) is 14.2 Å². The van der Waals surface area contributed by atoms with E-state index in [0.717, 1.165) is 49.1 Å². The molecule has 41 heavy (non-hydrogen) atoms. The zero-order valence-corrected chi connectivity index (χ0v) is 24.2. The highest BCUT2D eigenvalue weighted by molar-refractivity contribution is 7.99. The van der Waals surface area contributed by atoms with Gasteiger partial charge in [-0.3, -0.25) is 14.3 Å². The summed E-state index contributed by atoms with van der Waals surface area (Å²) in [4.78, 5) is 30.0. The Balaban J connectivity index is 1.08. The zero-order chi connectivity index (χ0) is 28.6. The Morgan fingerprint density at radius 1 is 1.10 bits per heavy atom. The van der Waals surface area contributed by atoms with Gasteiger partial charge in [0.2, 0.25) is 5.88 Å². The van der Waals surface area contributed by atoms with Crippen LogP contribution in [0, 0.1) is 12.7 Å². The molecule has 2 fully saturated rings. The van der Waals surface area contributed by atoms with Crippen LogP contribution in [0.25, 0.3) is 0 Å². The van der Waals surface area contributed by atoms with Crippen molar-refractivity contribution in [3.63, 3.8) is 0 Å². The van der Waals surface area contributed by atoms with Crippen LogP contribution >= 0.6 is 11.8 Å². The first-order chi connectivity index (χ1) is 19.9. The van der Waals surface area contributed by atoms with Gasteiger partial charge < -0.3 is 24.8 Å². The van der Waals surface area contributed by atoms with Gasteiger partial charge in [0.1, 0.15) is 29.8 Å². The Morgan fingerprint density at radius 3 is 2.54 bits per heavy atom. The summed E-state index contributed by atoms with van der Waals surface area (Å²) in [7, 11) is 0. The van der Waals surface area contributed by atoms with Gasteiger partial charge in [-0.1, -0.05) is 0 Å². The fourth-order valence-corrected chi connectivity index (χ4v) is 6.32. The van der Waals surface area contributed by atoms with Gasteiger partial charge >= 0.3 is 0 Å². The van der Waals surface area contributed by atoms with Crippen LogP contribution in [0.15, 0.2) is 30.4 Å². The molecule has 2 aromatic heterocycles. The van der Waals surface area contributed by atoms with Crippen molar-refractivity contribution in [1.29, 1.82) is 0 Å². The average molecular weight is 588 g/mol. The maximum Gasteiger partial charge on any atom is 0.274 e. The fraction of sp³-hybridized carbons (Fsp3) is 0.586. The number of rotatable bonds is 10. The standard InChI is InChI=1S/C29H38FN5O5S/c1-19-16-25(34-35(19)11-13-39-26-4-2-3-12-38-26)28(37)33-22-7-5-21(6-8-22)32-27(36)24-17-20(30)18-31-29(24)40-23-9-14-41-15-10-23/h4,16-18,21-23H,2-3,5-15H2,1H3,(H,32,36)(H,33,37). The topological polar surface area (TPSA) is 117 Å². The van der Waals surface area contributed by atoms with E-state index in [1.807, 2.05) is 24.8 Å². The number of carbonyl (C=O) groups excluding carboxylic acids is 2. The Labute approximate surface area is 243 Å². The van der Waals surface area contributed by atoms with Crippen molar-refractivity contribution in [3.05, 3.63) is 53.1 Å². The summed E-state index contributed by atoms with van der Waals surface area (Å²) in [5.74, 6) is 1.56. The van der Waals surface area contributed by atoms with Crippen molar-refractivity contribution < 1.29 is 28.2 Å². The molecule has 1 saturated heterocycles. The first-order valence-electron chi connectivity index (χ1n) is 14.5. The number of halogens is 1. The Morgan fingerprint density at radius 2 is 1.83 bits per heavy atom. The third kappa shape index (κ3) is 8.15. The summed E-state index contributed by atoms with van der Waals surface area (Å²) >= 11 is 1.88. The summed E-state index contributed by atoms with van der Waals surface area (Å²) in [6.45, 7) is 3.50. The molecular weight excluding hydrogens is 549 g/mol. The smallest absolute Gasteiger partial charge is 0.274 e. The van der Waals surface area contributed by atoms with Gasteiger partial charge in [-0.15, -0.1) is 0 Å². The molecule has 1 saturated carbocycles. The van der Waals surface area contributed by atoms with Crippen LogP contribution in [0.5, 0.6) is 5.88 Å². The van der Waals surface area contributed by atoms with Gasteiger partial charge in [-0.05, 0) is 88.0 Å². The van der Waals surface area contributed by atoms with Crippen LogP contribution in [0.2, 0.25) is 0 Å².